The average Bonchev–Trinajstić information content (AvgIpc) is 3.04. The number of primary amides is 1. The van der Waals surface area contributed by atoms with E-state index in [0.717, 1.165) is 16.0 Å². The Morgan fingerprint density at radius 1 is 0.822 bits per heavy atom. The molecule has 0 aliphatic rings. The Balaban J connectivity index is 1.52. The second-order valence-electron chi connectivity index (χ2n) is 10.6. The van der Waals surface area contributed by atoms with E-state index in [4.69, 9.17) is 5.73 Å². The summed E-state index contributed by atoms with van der Waals surface area (Å²) in [4.78, 5) is 52.2. The predicted molar refractivity (Wildman–Crippen MR) is 181 cm³/mol. The highest BCUT2D eigenvalue weighted by Crippen LogP contribution is 2.29. The Hall–Kier alpha value is -5.15. The lowest BCUT2D eigenvalue weighted by molar-refractivity contribution is -0.116. The van der Waals surface area contributed by atoms with Gasteiger partial charge in [-0.2, -0.15) is 0 Å². The fourth-order valence-electron chi connectivity index (χ4n) is 4.44. The van der Waals surface area contributed by atoms with Gasteiger partial charge in [0.1, 0.15) is 5.70 Å². The van der Waals surface area contributed by atoms with Crippen molar-refractivity contribution in [3.63, 3.8) is 0 Å². The van der Waals surface area contributed by atoms with Gasteiger partial charge < -0.3 is 21.7 Å². The number of carbonyl (C=O) groups is 4. The number of para-hydroxylation sites is 1. The SMILES string of the molecule is CCC(Sc1cccc(NC(=O)/C(=C\c2ccc(C(C)C)cc2)NC(=O)c2ccccc2)c1)C(=O)Nc1ccccc1C(N)=O. The van der Waals surface area contributed by atoms with Crippen LogP contribution in [0.5, 0.6) is 0 Å². The molecule has 0 bridgehead atoms. The molecule has 8 nitrogen and oxygen atoms in total. The van der Waals surface area contributed by atoms with E-state index in [0.29, 0.717) is 29.3 Å². The Labute approximate surface area is 267 Å². The minimum Gasteiger partial charge on any atom is -0.366 e. The molecule has 0 aromatic heterocycles. The minimum absolute atomic E-state index is 0.0816. The largest absolute Gasteiger partial charge is 0.366 e. The highest BCUT2D eigenvalue weighted by Gasteiger charge is 2.21. The van der Waals surface area contributed by atoms with Gasteiger partial charge in [-0.3, -0.25) is 19.2 Å². The van der Waals surface area contributed by atoms with Crippen molar-refractivity contribution in [2.24, 2.45) is 5.73 Å². The minimum atomic E-state index is -0.629. The molecule has 0 aliphatic carbocycles. The van der Waals surface area contributed by atoms with Gasteiger partial charge in [-0.25, -0.2) is 0 Å². The maximum atomic E-state index is 13.5. The Kier molecular flexibility index (Phi) is 11.3. The van der Waals surface area contributed by atoms with Crippen LogP contribution >= 0.6 is 11.8 Å². The monoisotopic (exact) mass is 620 g/mol. The molecular weight excluding hydrogens is 584 g/mol. The third kappa shape index (κ3) is 9.17. The van der Waals surface area contributed by atoms with Gasteiger partial charge >= 0.3 is 0 Å². The summed E-state index contributed by atoms with van der Waals surface area (Å²) in [5.74, 6) is -1.45. The van der Waals surface area contributed by atoms with E-state index in [1.54, 1.807) is 72.8 Å². The molecule has 0 saturated carbocycles. The third-order valence-corrected chi connectivity index (χ3v) is 8.28. The van der Waals surface area contributed by atoms with E-state index < -0.39 is 23.0 Å². The Morgan fingerprint density at radius 3 is 2.18 bits per heavy atom. The molecule has 4 aromatic carbocycles. The van der Waals surface area contributed by atoms with E-state index in [2.05, 4.69) is 29.8 Å². The first-order valence-corrected chi connectivity index (χ1v) is 15.5. The van der Waals surface area contributed by atoms with Crippen molar-refractivity contribution in [3.8, 4) is 0 Å². The Bertz CT molecular complexity index is 1700. The molecule has 1 atom stereocenters. The molecule has 1 unspecified atom stereocenters. The summed E-state index contributed by atoms with van der Waals surface area (Å²) in [6.07, 6.45) is 2.15. The highest BCUT2D eigenvalue weighted by molar-refractivity contribution is 8.00. The first-order valence-electron chi connectivity index (χ1n) is 14.6. The third-order valence-electron chi connectivity index (χ3n) is 6.93. The topological polar surface area (TPSA) is 130 Å². The van der Waals surface area contributed by atoms with Crippen LogP contribution in [0.3, 0.4) is 0 Å². The standard InChI is InChI=1S/C36H36N4O4S/c1-4-32(36(44)39-30-16-9-8-15-29(30)33(37)41)45-28-14-10-13-27(22-28)38-35(43)31(40-34(42)26-11-6-5-7-12-26)21-24-17-19-25(20-18-24)23(2)3/h5-23,32H,4H2,1-3H3,(H2,37,41)(H,38,43)(H,39,44)(H,40,42)/b31-21+. The van der Waals surface area contributed by atoms with Crippen molar-refractivity contribution in [2.45, 2.75) is 43.3 Å². The fourth-order valence-corrected chi connectivity index (χ4v) is 5.45. The maximum absolute atomic E-state index is 13.5. The fraction of sp³-hybridized carbons (Fsp3) is 0.167. The first-order chi connectivity index (χ1) is 21.6. The van der Waals surface area contributed by atoms with Gasteiger partial charge in [-0.15, -0.1) is 11.8 Å². The number of hydrogen-bond donors (Lipinski definition) is 4. The zero-order valence-electron chi connectivity index (χ0n) is 25.4. The van der Waals surface area contributed by atoms with Gasteiger partial charge in [0.15, 0.2) is 0 Å². The number of hydrogen-bond acceptors (Lipinski definition) is 5. The number of rotatable bonds is 12. The number of anilines is 2. The van der Waals surface area contributed by atoms with Crippen LogP contribution in [0, 0.1) is 0 Å². The van der Waals surface area contributed by atoms with Crippen molar-refractivity contribution >= 4 is 52.8 Å². The second-order valence-corrected chi connectivity index (χ2v) is 11.9. The quantitative estimate of drug-likeness (QED) is 0.102. The molecule has 4 aromatic rings. The molecule has 0 heterocycles. The van der Waals surface area contributed by atoms with Crippen molar-refractivity contribution < 1.29 is 19.2 Å². The number of carbonyl (C=O) groups excluding carboxylic acids is 4. The molecular formula is C36H36N4O4S. The predicted octanol–water partition coefficient (Wildman–Crippen LogP) is 6.83. The summed E-state index contributed by atoms with van der Waals surface area (Å²) < 4.78 is 0. The van der Waals surface area contributed by atoms with Crippen LogP contribution in [0.2, 0.25) is 0 Å². The van der Waals surface area contributed by atoms with E-state index >= 15 is 0 Å². The van der Waals surface area contributed by atoms with Crippen molar-refractivity contribution in [1.82, 2.24) is 5.32 Å². The molecule has 45 heavy (non-hydrogen) atoms. The van der Waals surface area contributed by atoms with Crippen LogP contribution in [0.15, 0.2) is 114 Å². The molecule has 9 heteroatoms. The van der Waals surface area contributed by atoms with Gasteiger partial charge in [0.25, 0.3) is 17.7 Å². The summed E-state index contributed by atoms with van der Waals surface area (Å²) in [7, 11) is 0. The van der Waals surface area contributed by atoms with Gasteiger partial charge in [0.2, 0.25) is 5.91 Å². The summed E-state index contributed by atoms with van der Waals surface area (Å²) in [5.41, 5.74) is 8.97. The molecule has 0 saturated heterocycles. The van der Waals surface area contributed by atoms with Gasteiger partial charge in [-0.05, 0) is 72.0 Å². The normalized spacial score (nSPS) is 11.9. The molecule has 230 valence electrons. The van der Waals surface area contributed by atoms with Gasteiger partial charge in [-0.1, -0.05) is 81.4 Å². The molecule has 0 fully saturated rings. The zero-order valence-corrected chi connectivity index (χ0v) is 26.2. The number of nitrogens with two attached hydrogens (primary N) is 1. The van der Waals surface area contributed by atoms with Crippen LogP contribution in [-0.4, -0.2) is 28.9 Å². The molecule has 4 amide bonds. The van der Waals surface area contributed by atoms with E-state index in [1.165, 1.54) is 11.8 Å². The van der Waals surface area contributed by atoms with Crippen LogP contribution in [0.4, 0.5) is 11.4 Å². The number of benzene rings is 4. The highest BCUT2D eigenvalue weighted by atomic mass is 32.2. The molecule has 0 aliphatic heterocycles. The molecule has 0 radical (unpaired) electrons. The molecule has 4 rings (SSSR count). The van der Waals surface area contributed by atoms with Crippen molar-refractivity contribution in [1.29, 1.82) is 0 Å². The first kappa shape index (κ1) is 32.8. The number of thioether (sulfide) groups is 1. The average molecular weight is 621 g/mol. The Morgan fingerprint density at radius 2 is 1.51 bits per heavy atom. The smallest absolute Gasteiger partial charge is 0.272 e. The second kappa shape index (κ2) is 15.5. The van der Waals surface area contributed by atoms with Gasteiger partial charge in [0.05, 0.1) is 16.5 Å². The summed E-state index contributed by atoms with van der Waals surface area (Å²) in [6, 6.07) is 30.2. The summed E-state index contributed by atoms with van der Waals surface area (Å²) >= 11 is 1.33. The lowest BCUT2D eigenvalue weighted by Gasteiger charge is -2.17. The molecule has 5 N–H and O–H groups in total. The maximum Gasteiger partial charge on any atom is 0.272 e. The van der Waals surface area contributed by atoms with Crippen molar-refractivity contribution in [3.05, 3.63) is 131 Å². The van der Waals surface area contributed by atoms with Gasteiger partial charge in [0, 0.05) is 16.1 Å². The van der Waals surface area contributed by atoms with E-state index in [-0.39, 0.29) is 17.2 Å². The zero-order chi connectivity index (χ0) is 32.3. The van der Waals surface area contributed by atoms with Crippen LogP contribution in [0.25, 0.3) is 6.08 Å². The lowest BCUT2D eigenvalue weighted by atomic mass is 10.0. The van der Waals surface area contributed by atoms with E-state index in [9.17, 15) is 19.2 Å². The summed E-state index contributed by atoms with van der Waals surface area (Å²) in [5, 5.41) is 7.98. The van der Waals surface area contributed by atoms with Crippen LogP contribution < -0.4 is 21.7 Å². The van der Waals surface area contributed by atoms with Crippen LogP contribution in [0.1, 0.15) is 65.0 Å². The van der Waals surface area contributed by atoms with E-state index in [1.807, 2.05) is 43.3 Å². The number of amides is 4. The van der Waals surface area contributed by atoms with Crippen LogP contribution in [-0.2, 0) is 9.59 Å². The number of nitrogens with one attached hydrogen (secondary N) is 3. The van der Waals surface area contributed by atoms with Crippen molar-refractivity contribution in [2.75, 3.05) is 10.6 Å². The molecule has 0 spiro atoms. The lowest BCUT2D eigenvalue weighted by Crippen LogP contribution is -2.30. The summed E-state index contributed by atoms with van der Waals surface area (Å²) in [6.45, 7) is 6.10.